The Balaban J connectivity index is 0.000000243. The average molecular weight is 1110 g/mol. The van der Waals surface area contributed by atoms with Crippen molar-refractivity contribution in [2.24, 2.45) is 0 Å². The zero-order valence-electron chi connectivity index (χ0n) is 45.6. The second kappa shape index (κ2) is 30.1. The van der Waals surface area contributed by atoms with Crippen LogP contribution >= 0.6 is 46.6 Å². The summed E-state index contributed by atoms with van der Waals surface area (Å²) in [5.41, 5.74) is 4.63. The Morgan fingerprint density at radius 2 is 0.867 bits per heavy atom. The summed E-state index contributed by atoms with van der Waals surface area (Å²) < 4.78 is 33.1. The van der Waals surface area contributed by atoms with Gasteiger partial charge in [-0.15, -0.1) is 11.8 Å². The van der Waals surface area contributed by atoms with Gasteiger partial charge in [0.15, 0.2) is 21.5 Å². The van der Waals surface area contributed by atoms with Crippen molar-refractivity contribution in [2.75, 3.05) is 13.3 Å². The number of rotatable bonds is 21. The number of unbranched alkanes of at least 4 members (excludes halogenated alkanes) is 3. The van der Waals surface area contributed by atoms with Crippen molar-refractivity contribution in [2.45, 2.75) is 175 Å². The summed E-state index contributed by atoms with van der Waals surface area (Å²) in [5, 5.41) is 12.9. The van der Waals surface area contributed by atoms with Crippen LogP contribution in [0.25, 0.3) is 0 Å². The summed E-state index contributed by atoms with van der Waals surface area (Å²) in [4.78, 5) is 37.6. The van der Waals surface area contributed by atoms with E-state index in [0.29, 0.717) is 48.4 Å². The number of hydrogen-bond acceptors (Lipinski definition) is 10. The van der Waals surface area contributed by atoms with Gasteiger partial charge in [0.25, 0.3) is 16.7 Å². The van der Waals surface area contributed by atoms with Crippen molar-refractivity contribution >= 4 is 46.6 Å². The molecule has 6 rings (SSSR count). The molecule has 0 atom stereocenters. The molecular weight excluding hydrogens is 1030 g/mol. The number of aromatic nitrogens is 6. The fourth-order valence-electron chi connectivity index (χ4n) is 7.14. The Morgan fingerprint density at radius 1 is 0.493 bits per heavy atom. The molecule has 0 aliphatic heterocycles. The van der Waals surface area contributed by atoms with Crippen molar-refractivity contribution in [3.8, 4) is 11.5 Å². The summed E-state index contributed by atoms with van der Waals surface area (Å²) >= 11 is 20.1. The molecule has 0 aliphatic rings. The van der Waals surface area contributed by atoms with Crippen LogP contribution < -0.4 is 26.2 Å². The van der Waals surface area contributed by atoms with Crippen molar-refractivity contribution in [3.63, 3.8) is 0 Å². The van der Waals surface area contributed by atoms with Crippen LogP contribution in [0, 0.1) is 0 Å². The highest BCUT2D eigenvalue weighted by Gasteiger charge is 2.22. The minimum atomic E-state index is -0.436. The van der Waals surface area contributed by atoms with Gasteiger partial charge in [-0.3, -0.25) is 18.8 Å². The molecule has 17 heteroatoms. The standard InChI is InChI=1S/C20H27ClN2O2.C19H24ClFN2OS.C19H25ClN2O3/c1-5-6-7-8-15-9-11-16(12-10-15)14-25-17-13-22-23(20(2,3)4)19(24)18(17)21;1-19(2,3)23-18(24)17(20)16(12-22-23)25-13-15-9-7-14(8-10-15)6-4-5-11-21;1-5-10-24-12-14-6-8-15(9-7-14)13-25-16-11-21-22(19(2,3)4)18(23)17(16)20/h9-13H,5-8,14H2,1-4H3;7-10,12H,4-6,11,13H2,1-3H3;6-9,11H,5,10,12-13H2,1-4H3/i;21+0;. The maximum absolute atomic E-state index is 12.3. The number of nitrogens with zero attached hydrogens (tertiary/aromatic N) is 6. The van der Waals surface area contributed by atoms with E-state index in [1.807, 2.05) is 86.6 Å². The molecule has 408 valence electrons. The van der Waals surface area contributed by atoms with Crippen LogP contribution in [-0.2, 0) is 59.8 Å². The highest BCUT2D eigenvalue weighted by molar-refractivity contribution is 7.98. The van der Waals surface area contributed by atoms with Gasteiger partial charge in [-0.1, -0.05) is 134 Å². The molecule has 3 heterocycles. The molecular formula is C58H76Cl3FN6O6S. The SMILES string of the molecule is CC(C)(C)n1ncc(SCc2ccc(CCCC[19F])cc2)c(Cl)c1=O.CCCCCc1ccc(COc2cnn(C(C)(C)C)c(=O)c2Cl)cc1.CCCOCc1ccc(COc2cnn(C(C)(C)C)c(=O)c2Cl)cc1. The molecule has 6 aromatic rings. The third-order valence-corrected chi connectivity index (χ3v) is 13.6. The Morgan fingerprint density at radius 3 is 1.27 bits per heavy atom. The van der Waals surface area contributed by atoms with E-state index in [4.69, 9.17) is 49.0 Å². The van der Waals surface area contributed by atoms with Gasteiger partial charge in [-0.2, -0.15) is 15.3 Å². The molecule has 0 amide bonds. The van der Waals surface area contributed by atoms with E-state index in [1.165, 1.54) is 68.6 Å². The first kappa shape index (κ1) is 62.5. The summed E-state index contributed by atoms with van der Waals surface area (Å²) in [6.07, 6.45) is 12.9. The van der Waals surface area contributed by atoms with Gasteiger partial charge in [-0.25, -0.2) is 14.0 Å². The fraction of sp³-hybridized carbons (Fsp3) is 0.483. The first-order chi connectivity index (χ1) is 35.5. The molecule has 3 aromatic heterocycles. The number of aryl methyl sites for hydroxylation is 2. The topological polar surface area (TPSA) is 132 Å². The van der Waals surface area contributed by atoms with Gasteiger partial charge < -0.3 is 14.2 Å². The van der Waals surface area contributed by atoms with Crippen molar-refractivity contribution in [1.82, 2.24) is 29.3 Å². The largest absolute Gasteiger partial charge is 0.485 e. The summed E-state index contributed by atoms with van der Waals surface area (Å²) in [6, 6.07) is 24.6. The highest BCUT2D eigenvalue weighted by atomic mass is 35.5. The zero-order chi connectivity index (χ0) is 55.3. The number of benzene rings is 3. The first-order valence-corrected chi connectivity index (χ1v) is 27.7. The van der Waals surface area contributed by atoms with Crippen LogP contribution in [0.4, 0.5) is 4.39 Å². The van der Waals surface area contributed by atoms with E-state index in [9.17, 15) is 18.8 Å². The lowest BCUT2D eigenvalue weighted by atomic mass is 10.1. The molecule has 0 spiro atoms. The molecule has 0 N–H and O–H groups in total. The lowest BCUT2D eigenvalue weighted by Gasteiger charge is -2.21. The van der Waals surface area contributed by atoms with Crippen molar-refractivity contribution in [1.29, 1.82) is 0 Å². The van der Waals surface area contributed by atoms with Crippen LogP contribution in [0.3, 0.4) is 0 Å². The quantitative estimate of drug-likeness (QED) is 0.0507. The maximum atomic E-state index is 12.3. The summed E-state index contributed by atoms with van der Waals surface area (Å²) in [5.74, 6) is 1.33. The minimum Gasteiger partial charge on any atom is -0.485 e. The Hall–Kier alpha value is -4.99. The van der Waals surface area contributed by atoms with E-state index in [1.54, 1.807) is 6.20 Å². The Labute approximate surface area is 462 Å². The van der Waals surface area contributed by atoms with E-state index in [2.05, 4.69) is 77.7 Å². The molecule has 12 nitrogen and oxygen atoms in total. The number of alkyl halides is 1. The molecule has 3 aromatic carbocycles. The second-order valence-electron chi connectivity index (χ2n) is 21.1. The van der Waals surface area contributed by atoms with Crippen molar-refractivity contribution < 1.29 is 18.6 Å². The minimum absolute atomic E-state index is 0.0505. The monoisotopic (exact) mass is 1110 g/mol. The maximum Gasteiger partial charge on any atom is 0.289 e. The predicted molar refractivity (Wildman–Crippen MR) is 305 cm³/mol. The Kier molecular flexibility index (Phi) is 25.1. The molecule has 75 heavy (non-hydrogen) atoms. The van der Waals surface area contributed by atoms with Crippen molar-refractivity contribution in [3.05, 3.63) is 171 Å². The molecule has 0 saturated carbocycles. The van der Waals surface area contributed by atoms with Crippen LogP contribution in [0.5, 0.6) is 11.5 Å². The number of halogens is 4. The van der Waals surface area contributed by atoms with Gasteiger partial charge in [0, 0.05) is 12.4 Å². The van der Waals surface area contributed by atoms with E-state index < -0.39 is 16.6 Å². The molecule has 0 aliphatic carbocycles. The normalized spacial score (nSPS) is 11.6. The van der Waals surface area contributed by atoms with Crippen LogP contribution in [0.1, 0.15) is 148 Å². The van der Waals surface area contributed by atoms with Gasteiger partial charge in [0.05, 0.1) is 53.4 Å². The molecule has 0 bridgehead atoms. The lowest BCUT2D eigenvalue weighted by Crippen LogP contribution is -2.36. The molecule has 0 fully saturated rings. The van der Waals surface area contributed by atoms with E-state index in [-0.39, 0.29) is 38.4 Å². The van der Waals surface area contributed by atoms with Crippen LogP contribution in [0.2, 0.25) is 15.1 Å². The molecule has 0 unspecified atom stereocenters. The van der Waals surface area contributed by atoms with Crippen LogP contribution in [-0.4, -0.2) is 42.6 Å². The smallest absolute Gasteiger partial charge is 0.289 e. The second-order valence-corrected chi connectivity index (χ2v) is 23.3. The molecule has 0 saturated heterocycles. The van der Waals surface area contributed by atoms with E-state index >= 15 is 0 Å². The predicted octanol–water partition coefficient (Wildman–Crippen LogP) is 14.4. The average Bonchev–Trinajstić information content (AvgIpc) is 3.36. The van der Waals surface area contributed by atoms with Gasteiger partial charge in [0.1, 0.15) is 18.2 Å². The number of thioether (sulfide) groups is 1. The lowest BCUT2D eigenvalue weighted by molar-refractivity contribution is 0.121. The third kappa shape index (κ3) is 20.2. The van der Waals surface area contributed by atoms with Gasteiger partial charge >= 0.3 is 0 Å². The number of hydrogen-bond donors (Lipinski definition) is 0. The molecule has 0 radical (unpaired) electrons. The highest BCUT2D eigenvalue weighted by Crippen LogP contribution is 2.28. The Bertz CT molecular complexity index is 2560. The first-order valence-electron chi connectivity index (χ1n) is 25.6. The zero-order valence-corrected chi connectivity index (χ0v) is 48.7. The summed E-state index contributed by atoms with van der Waals surface area (Å²) in [6.45, 7) is 23.2. The third-order valence-electron chi connectivity index (χ3n) is 11.4. The fourth-order valence-corrected chi connectivity index (χ4v) is 8.65. The van der Waals surface area contributed by atoms with Crippen LogP contribution in [0.15, 0.2) is 111 Å². The van der Waals surface area contributed by atoms with Gasteiger partial charge in [0.2, 0.25) is 0 Å². The van der Waals surface area contributed by atoms with E-state index in [0.717, 1.165) is 54.5 Å². The van der Waals surface area contributed by atoms with Gasteiger partial charge in [-0.05, 0) is 134 Å². The number of ether oxygens (including phenoxy) is 3. The summed E-state index contributed by atoms with van der Waals surface area (Å²) in [7, 11) is 0.